The van der Waals surface area contributed by atoms with Crippen LogP contribution in [0, 0.1) is 11.3 Å². The van der Waals surface area contributed by atoms with E-state index < -0.39 is 23.7 Å². The van der Waals surface area contributed by atoms with Gasteiger partial charge in [0, 0.05) is 43.5 Å². The molecular weight excluding hydrogens is 624 g/mol. The minimum Gasteiger partial charge on any atom is -0.465 e. The van der Waals surface area contributed by atoms with Crippen molar-refractivity contribution in [2.75, 3.05) is 14.2 Å². The van der Waals surface area contributed by atoms with Gasteiger partial charge in [-0.05, 0) is 93.0 Å². The second kappa shape index (κ2) is 16.0. The van der Waals surface area contributed by atoms with Gasteiger partial charge in [0.25, 0.3) is 0 Å². The first kappa shape index (κ1) is 39.3. The summed E-state index contributed by atoms with van der Waals surface area (Å²) in [4.78, 5) is 35.5. The van der Waals surface area contributed by atoms with Crippen LogP contribution in [0.1, 0.15) is 112 Å². The van der Waals surface area contributed by atoms with Crippen LogP contribution < -0.4 is 16.4 Å². The number of nitrogens with two attached hydrogens (primary N) is 1. The van der Waals surface area contributed by atoms with Gasteiger partial charge in [0.05, 0.1) is 35.9 Å². The number of hydrogen-bond donors (Lipinski definition) is 4. The molecule has 0 bridgehead atoms. The molecule has 0 aliphatic heterocycles. The topological polar surface area (TPSA) is 173 Å². The Morgan fingerprint density at radius 1 is 0.857 bits per heavy atom. The maximum atomic E-state index is 12.5. The average Bonchev–Trinajstić information content (AvgIpc) is 3.06. The van der Waals surface area contributed by atoms with Gasteiger partial charge in [-0.25, -0.2) is 9.59 Å². The molecule has 0 aromatic heterocycles. The van der Waals surface area contributed by atoms with E-state index in [9.17, 15) is 24.8 Å². The molecule has 5 N–H and O–H groups in total. The van der Waals surface area contributed by atoms with Crippen LogP contribution in [0.3, 0.4) is 0 Å². The van der Waals surface area contributed by atoms with Crippen molar-refractivity contribution in [2.45, 2.75) is 128 Å². The Balaban J connectivity index is 0.000000271. The summed E-state index contributed by atoms with van der Waals surface area (Å²) in [5.74, 6) is -0.454. The van der Waals surface area contributed by atoms with Crippen LogP contribution in [0.4, 0.5) is 9.59 Å². The maximum absolute atomic E-state index is 12.5. The average molecular weight is 679 g/mol. The highest BCUT2D eigenvalue weighted by Gasteiger charge is 2.49. The van der Waals surface area contributed by atoms with E-state index in [1.165, 1.54) is 0 Å². The molecule has 0 unspecified atom stereocenters. The molecule has 2 aromatic rings. The van der Waals surface area contributed by atoms with Crippen molar-refractivity contribution in [3.8, 4) is 6.07 Å². The lowest BCUT2D eigenvalue weighted by molar-refractivity contribution is 0.00827. The number of nitrogens with one attached hydrogen (secondary N) is 2. The van der Waals surface area contributed by atoms with Gasteiger partial charge in [-0.2, -0.15) is 5.26 Å². The van der Waals surface area contributed by atoms with E-state index >= 15 is 0 Å². The summed E-state index contributed by atoms with van der Waals surface area (Å²) in [6.07, 6.45) is 2.48. The monoisotopic (exact) mass is 678 g/mol. The first-order valence-corrected chi connectivity index (χ1v) is 17.1. The Morgan fingerprint density at radius 3 is 1.73 bits per heavy atom. The second-order valence-electron chi connectivity index (χ2n) is 14.0. The van der Waals surface area contributed by atoms with Crippen LogP contribution in [0.25, 0.3) is 0 Å². The van der Waals surface area contributed by atoms with Crippen molar-refractivity contribution in [3.05, 3.63) is 69.8 Å². The van der Waals surface area contributed by atoms with Gasteiger partial charge in [-0.3, -0.25) is 4.79 Å². The fourth-order valence-corrected chi connectivity index (χ4v) is 7.98. The van der Waals surface area contributed by atoms with E-state index in [4.69, 9.17) is 19.9 Å². The third-order valence-corrected chi connectivity index (χ3v) is 10.6. The number of primary amides is 1. The number of alkyl carbamates (subject to hydrolysis) is 1. The summed E-state index contributed by atoms with van der Waals surface area (Å²) in [6, 6.07) is 12.8. The van der Waals surface area contributed by atoms with Crippen LogP contribution in [-0.2, 0) is 37.9 Å². The van der Waals surface area contributed by atoms with Crippen molar-refractivity contribution < 1.29 is 33.7 Å². The van der Waals surface area contributed by atoms with Gasteiger partial charge in [-0.15, -0.1) is 0 Å². The van der Waals surface area contributed by atoms with Crippen LogP contribution in [-0.4, -0.2) is 67.3 Å². The van der Waals surface area contributed by atoms with E-state index in [1.54, 1.807) is 20.3 Å². The van der Waals surface area contributed by atoms with Gasteiger partial charge in [0.1, 0.15) is 5.60 Å². The van der Waals surface area contributed by atoms with Gasteiger partial charge >= 0.3 is 12.2 Å². The number of carboxylic acid groups (broad SMARTS) is 1. The molecule has 0 spiro atoms. The number of nitrogens with zero attached hydrogens (tertiary/aromatic N) is 1. The molecule has 4 atom stereocenters. The standard InChI is InChI=1S/C21H32N2O4.C17H22N2O3/c1-7-21(8-2)15-11-14(18(22)24)10-9-13(15)12-16(26-6)17(21)23-19(25)27-20(3,4)5;1-4-17(5-2)13-8-11(10-18)6-7-12(13)9-14(22-3)15(17)19-16(20)21/h9-11,16-17H,7-8,12H2,1-6H3,(H2,22,24)(H,23,25);6-8,14-15,19H,4-5,9H2,1-3H3,(H,20,21)/t16-,17+;14-,15+/m11/s1. The minimum atomic E-state index is -1.04. The highest BCUT2D eigenvalue weighted by molar-refractivity contribution is 5.93. The Labute approximate surface area is 290 Å². The second-order valence-corrected chi connectivity index (χ2v) is 14.0. The largest absolute Gasteiger partial charge is 0.465 e. The molecule has 0 heterocycles. The zero-order chi connectivity index (χ0) is 36.7. The molecule has 49 heavy (non-hydrogen) atoms. The zero-order valence-electron chi connectivity index (χ0n) is 30.4. The normalized spacial score (nSPS) is 21.8. The van der Waals surface area contributed by atoms with E-state index in [0.717, 1.165) is 47.9 Å². The first-order valence-electron chi connectivity index (χ1n) is 17.1. The summed E-state index contributed by atoms with van der Waals surface area (Å²) in [5.41, 5.74) is 9.65. The van der Waals surface area contributed by atoms with Gasteiger partial charge in [0.15, 0.2) is 0 Å². The Kier molecular flexibility index (Phi) is 12.9. The molecule has 11 nitrogen and oxygen atoms in total. The molecule has 0 radical (unpaired) electrons. The number of methoxy groups -OCH3 is 2. The summed E-state index contributed by atoms with van der Waals surface area (Å²) in [6.45, 7) is 13.8. The third-order valence-electron chi connectivity index (χ3n) is 10.6. The lowest BCUT2D eigenvalue weighted by Crippen LogP contribution is -2.60. The van der Waals surface area contributed by atoms with Crippen molar-refractivity contribution in [1.82, 2.24) is 10.6 Å². The molecule has 0 saturated carbocycles. The smallest absolute Gasteiger partial charge is 0.407 e. The number of rotatable bonds is 9. The van der Waals surface area contributed by atoms with E-state index in [2.05, 4.69) is 44.4 Å². The molecular formula is C38H54N4O7. The van der Waals surface area contributed by atoms with Crippen LogP contribution in [0.15, 0.2) is 36.4 Å². The number of ether oxygens (including phenoxy) is 3. The highest BCUT2D eigenvalue weighted by atomic mass is 16.6. The molecule has 0 saturated heterocycles. The number of carbonyl (C=O) groups excluding carboxylic acids is 2. The number of carbonyl (C=O) groups is 3. The molecule has 11 heteroatoms. The van der Waals surface area contributed by atoms with E-state index in [0.29, 0.717) is 24.0 Å². The maximum Gasteiger partial charge on any atom is 0.407 e. The third kappa shape index (κ3) is 8.19. The van der Waals surface area contributed by atoms with Crippen LogP contribution in [0.2, 0.25) is 0 Å². The molecule has 2 aromatic carbocycles. The van der Waals surface area contributed by atoms with Crippen LogP contribution in [0.5, 0.6) is 0 Å². The zero-order valence-corrected chi connectivity index (χ0v) is 30.4. The lowest BCUT2D eigenvalue weighted by Gasteiger charge is -2.48. The van der Waals surface area contributed by atoms with E-state index in [-0.39, 0.29) is 35.1 Å². The predicted octanol–water partition coefficient (Wildman–Crippen LogP) is 6.13. The Morgan fingerprint density at radius 2 is 1.33 bits per heavy atom. The van der Waals surface area contributed by atoms with Crippen molar-refractivity contribution in [1.29, 1.82) is 5.26 Å². The Bertz CT molecular complexity index is 1540. The SMILES string of the molecule is CCC1(CC)c2cc(C#N)ccc2C[C@@H](OC)[C@@H]1NC(=O)O.CCC1(CC)c2cc(C(N)=O)ccc2C[C@@H](OC)[C@@H]1NC(=O)OC(C)(C)C. The summed E-state index contributed by atoms with van der Waals surface area (Å²) < 4.78 is 16.8. The van der Waals surface area contributed by atoms with Gasteiger partial charge in [0.2, 0.25) is 5.91 Å². The summed E-state index contributed by atoms with van der Waals surface area (Å²) >= 11 is 0. The molecule has 2 aliphatic carbocycles. The molecule has 268 valence electrons. The highest BCUT2D eigenvalue weighted by Crippen LogP contribution is 2.45. The van der Waals surface area contributed by atoms with Crippen molar-refractivity contribution in [3.63, 3.8) is 0 Å². The quantitative estimate of drug-likeness (QED) is 0.245. The lowest BCUT2D eigenvalue weighted by atomic mass is 9.62. The molecule has 4 rings (SSSR count). The number of fused-ring (bicyclic) bond motifs is 2. The van der Waals surface area contributed by atoms with Gasteiger partial charge in [-0.1, -0.05) is 39.8 Å². The molecule has 3 amide bonds. The predicted molar refractivity (Wildman–Crippen MR) is 188 cm³/mol. The summed E-state index contributed by atoms with van der Waals surface area (Å²) in [7, 11) is 3.28. The van der Waals surface area contributed by atoms with Crippen molar-refractivity contribution >= 4 is 18.1 Å². The minimum absolute atomic E-state index is 0.190. The first-order chi connectivity index (χ1) is 23.1. The number of hydrogen-bond acceptors (Lipinski definition) is 7. The Hall–Kier alpha value is -4.14. The fraction of sp³-hybridized carbons (Fsp3) is 0.579. The van der Waals surface area contributed by atoms with E-state index in [1.807, 2.05) is 51.1 Å². The van der Waals surface area contributed by atoms with Crippen LogP contribution >= 0.6 is 0 Å². The number of amides is 3. The molecule has 0 fully saturated rings. The number of nitriles is 1. The van der Waals surface area contributed by atoms with Gasteiger partial charge < -0.3 is 35.7 Å². The number of benzene rings is 2. The summed E-state index contributed by atoms with van der Waals surface area (Å²) in [5, 5.41) is 24.1. The molecule has 2 aliphatic rings. The van der Waals surface area contributed by atoms with Crippen molar-refractivity contribution in [2.24, 2.45) is 5.73 Å². The fourth-order valence-electron chi connectivity index (χ4n) is 7.98.